The molecule has 1 fully saturated rings. The van der Waals surface area contributed by atoms with Gasteiger partial charge in [0.15, 0.2) is 5.96 Å². The molecule has 6 heteroatoms. The molecular formula is C19H22N4O2. The van der Waals surface area contributed by atoms with Crippen molar-refractivity contribution in [1.29, 1.82) is 0 Å². The molecule has 6 nitrogen and oxygen atoms in total. The van der Waals surface area contributed by atoms with Crippen molar-refractivity contribution in [2.75, 3.05) is 23.9 Å². The molecule has 0 spiro atoms. The van der Waals surface area contributed by atoms with Crippen LogP contribution in [0.1, 0.15) is 18.4 Å². The Balaban J connectivity index is 1.62. The zero-order valence-electron chi connectivity index (χ0n) is 14.2. The Morgan fingerprint density at radius 2 is 2.00 bits per heavy atom. The van der Waals surface area contributed by atoms with Crippen LogP contribution in [-0.2, 0) is 11.3 Å². The van der Waals surface area contributed by atoms with Crippen LogP contribution < -0.4 is 20.7 Å². The molecule has 0 radical (unpaired) electrons. The fourth-order valence-corrected chi connectivity index (χ4v) is 2.80. The molecule has 2 aromatic rings. The van der Waals surface area contributed by atoms with Crippen LogP contribution in [0.3, 0.4) is 0 Å². The summed E-state index contributed by atoms with van der Waals surface area (Å²) in [7, 11) is 1.61. The van der Waals surface area contributed by atoms with E-state index in [9.17, 15) is 4.79 Å². The van der Waals surface area contributed by atoms with E-state index in [1.165, 1.54) is 0 Å². The number of nitrogens with two attached hydrogens (primary N) is 1. The highest BCUT2D eigenvalue weighted by Gasteiger charge is 2.21. The molecule has 1 aliphatic rings. The van der Waals surface area contributed by atoms with Gasteiger partial charge < -0.3 is 20.7 Å². The first kappa shape index (κ1) is 16.8. The van der Waals surface area contributed by atoms with Gasteiger partial charge in [0.2, 0.25) is 5.91 Å². The van der Waals surface area contributed by atoms with Crippen molar-refractivity contribution in [2.24, 2.45) is 10.7 Å². The first-order valence-electron chi connectivity index (χ1n) is 8.26. The molecule has 0 saturated carbocycles. The molecule has 1 aliphatic heterocycles. The number of carbonyl (C=O) groups excluding carboxylic acids is 1. The first-order chi connectivity index (χ1) is 12.2. The Morgan fingerprint density at radius 1 is 1.24 bits per heavy atom. The van der Waals surface area contributed by atoms with E-state index < -0.39 is 0 Å². The van der Waals surface area contributed by atoms with Crippen molar-refractivity contribution in [2.45, 2.75) is 19.4 Å². The number of hydrogen-bond donors (Lipinski definition) is 2. The molecule has 1 saturated heterocycles. The lowest BCUT2D eigenvalue weighted by Gasteiger charge is -2.15. The number of nitrogens with one attached hydrogen (secondary N) is 1. The summed E-state index contributed by atoms with van der Waals surface area (Å²) in [5.74, 6) is 1.22. The van der Waals surface area contributed by atoms with Gasteiger partial charge in [-0.2, -0.15) is 0 Å². The molecule has 0 unspecified atom stereocenters. The van der Waals surface area contributed by atoms with E-state index >= 15 is 0 Å². The minimum absolute atomic E-state index is 0.191. The Morgan fingerprint density at radius 3 is 2.68 bits per heavy atom. The maximum Gasteiger partial charge on any atom is 0.227 e. The van der Waals surface area contributed by atoms with Crippen molar-refractivity contribution in [3.05, 3.63) is 54.1 Å². The molecule has 0 atom stereocenters. The third-order valence-electron chi connectivity index (χ3n) is 4.12. The zero-order valence-corrected chi connectivity index (χ0v) is 14.2. The Bertz CT molecular complexity index is 771. The maximum atomic E-state index is 11.8. The quantitative estimate of drug-likeness (QED) is 0.649. The topological polar surface area (TPSA) is 80.0 Å². The molecule has 0 aromatic heterocycles. The van der Waals surface area contributed by atoms with Crippen LogP contribution in [0.5, 0.6) is 5.75 Å². The van der Waals surface area contributed by atoms with Crippen LogP contribution >= 0.6 is 0 Å². The van der Waals surface area contributed by atoms with Gasteiger partial charge in [0, 0.05) is 18.7 Å². The second-order valence-corrected chi connectivity index (χ2v) is 5.84. The lowest BCUT2D eigenvalue weighted by molar-refractivity contribution is -0.117. The van der Waals surface area contributed by atoms with Gasteiger partial charge in [0.1, 0.15) is 5.75 Å². The average molecular weight is 338 g/mol. The van der Waals surface area contributed by atoms with Crippen LogP contribution in [0.15, 0.2) is 53.5 Å². The molecule has 130 valence electrons. The lowest BCUT2D eigenvalue weighted by Crippen LogP contribution is -2.23. The minimum atomic E-state index is 0.191. The normalized spacial score (nSPS) is 14.7. The predicted molar refractivity (Wildman–Crippen MR) is 100.0 cm³/mol. The number of para-hydroxylation sites is 2. The van der Waals surface area contributed by atoms with Crippen LogP contribution in [0.2, 0.25) is 0 Å². The number of rotatable bonds is 5. The highest BCUT2D eigenvalue weighted by Crippen LogP contribution is 2.23. The fourth-order valence-electron chi connectivity index (χ4n) is 2.80. The van der Waals surface area contributed by atoms with E-state index in [1.54, 1.807) is 7.11 Å². The van der Waals surface area contributed by atoms with Crippen LogP contribution in [-0.4, -0.2) is 25.5 Å². The van der Waals surface area contributed by atoms with E-state index in [0.717, 1.165) is 29.9 Å². The van der Waals surface area contributed by atoms with Crippen molar-refractivity contribution < 1.29 is 9.53 Å². The van der Waals surface area contributed by atoms with Gasteiger partial charge >= 0.3 is 0 Å². The molecular weight excluding hydrogens is 316 g/mol. The Hall–Kier alpha value is -3.02. The van der Waals surface area contributed by atoms with E-state index in [-0.39, 0.29) is 5.91 Å². The standard InChI is InChI=1S/C19H22N4O2/c1-25-17-6-3-2-5-16(17)22-19(20)21-13-14-8-10-15(11-9-14)23-12-4-7-18(23)24/h2-3,5-6,8-11H,4,7,12-13H2,1H3,(H3,20,21,22). The number of hydrogen-bond acceptors (Lipinski definition) is 3. The molecule has 3 N–H and O–H groups in total. The molecule has 1 heterocycles. The van der Waals surface area contributed by atoms with Gasteiger partial charge in [-0.05, 0) is 36.2 Å². The van der Waals surface area contributed by atoms with Gasteiger partial charge in [0.25, 0.3) is 0 Å². The Labute approximate surface area is 147 Å². The first-order valence-corrected chi connectivity index (χ1v) is 8.26. The summed E-state index contributed by atoms with van der Waals surface area (Å²) < 4.78 is 5.27. The number of anilines is 2. The third kappa shape index (κ3) is 4.09. The summed E-state index contributed by atoms with van der Waals surface area (Å²) in [6, 6.07) is 15.4. The molecule has 2 aromatic carbocycles. The van der Waals surface area contributed by atoms with Crippen LogP contribution in [0, 0.1) is 0 Å². The van der Waals surface area contributed by atoms with E-state index in [4.69, 9.17) is 10.5 Å². The average Bonchev–Trinajstić information content (AvgIpc) is 3.07. The van der Waals surface area contributed by atoms with E-state index in [1.807, 2.05) is 53.4 Å². The second kappa shape index (κ2) is 7.70. The highest BCUT2D eigenvalue weighted by molar-refractivity contribution is 5.95. The summed E-state index contributed by atoms with van der Waals surface area (Å²) in [4.78, 5) is 17.9. The Kier molecular flexibility index (Phi) is 5.18. The number of amides is 1. The van der Waals surface area contributed by atoms with E-state index in [0.29, 0.717) is 24.7 Å². The maximum absolute atomic E-state index is 11.8. The van der Waals surface area contributed by atoms with E-state index in [2.05, 4.69) is 10.3 Å². The molecule has 3 rings (SSSR count). The second-order valence-electron chi connectivity index (χ2n) is 5.84. The summed E-state index contributed by atoms with van der Waals surface area (Å²) in [5, 5.41) is 3.04. The van der Waals surface area contributed by atoms with Crippen LogP contribution in [0.4, 0.5) is 11.4 Å². The zero-order chi connectivity index (χ0) is 17.6. The smallest absolute Gasteiger partial charge is 0.227 e. The number of methoxy groups -OCH3 is 1. The summed E-state index contributed by atoms with van der Waals surface area (Å²) >= 11 is 0. The summed E-state index contributed by atoms with van der Waals surface area (Å²) in [5.41, 5.74) is 8.70. The molecule has 0 bridgehead atoms. The largest absolute Gasteiger partial charge is 0.495 e. The molecule has 1 amide bonds. The lowest BCUT2D eigenvalue weighted by atomic mass is 10.2. The number of ether oxygens (including phenoxy) is 1. The van der Waals surface area contributed by atoms with Gasteiger partial charge in [-0.1, -0.05) is 24.3 Å². The minimum Gasteiger partial charge on any atom is -0.495 e. The predicted octanol–water partition coefficient (Wildman–Crippen LogP) is 2.75. The summed E-state index contributed by atoms with van der Waals surface area (Å²) in [6.45, 7) is 1.26. The monoisotopic (exact) mass is 338 g/mol. The SMILES string of the molecule is COc1ccccc1NC(N)=NCc1ccc(N2CCCC2=O)cc1. The van der Waals surface area contributed by atoms with Gasteiger partial charge in [-0.3, -0.25) is 4.79 Å². The third-order valence-corrected chi connectivity index (χ3v) is 4.12. The molecule has 25 heavy (non-hydrogen) atoms. The van der Waals surface area contributed by atoms with Crippen molar-refractivity contribution >= 4 is 23.2 Å². The fraction of sp³-hybridized carbons (Fsp3) is 0.263. The van der Waals surface area contributed by atoms with Crippen molar-refractivity contribution in [3.8, 4) is 5.75 Å². The molecule has 0 aliphatic carbocycles. The van der Waals surface area contributed by atoms with Crippen molar-refractivity contribution in [3.63, 3.8) is 0 Å². The van der Waals surface area contributed by atoms with Crippen LogP contribution in [0.25, 0.3) is 0 Å². The summed E-state index contributed by atoms with van der Waals surface area (Å²) in [6.07, 6.45) is 1.56. The van der Waals surface area contributed by atoms with Gasteiger partial charge in [-0.15, -0.1) is 0 Å². The number of guanidine groups is 1. The van der Waals surface area contributed by atoms with Gasteiger partial charge in [-0.25, -0.2) is 4.99 Å². The number of nitrogens with zero attached hydrogens (tertiary/aromatic N) is 2. The number of benzene rings is 2. The highest BCUT2D eigenvalue weighted by atomic mass is 16.5. The van der Waals surface area contributed by atoms with Crippen molar-refractivity contribution in [1.82, 2.24) is 0 Å². The number of carbonyl (C=O) groups is 1. The number of aliphatic imine (C=N–C) groups is 1. The van der Waals surface area contributed by atoms with Gasteiger partial charge in [0.05, 0.1) is 19.3 Å².